The van der Waals surface area contributed by atoms with E-state index in [1.165, 1.54) is 10.9 Å². The molecule has 0 aliphatic carbocycles. The molecule has 0 aliphatic heterocycles. The molecule has 1 aromatic heterocycles. The average Bonchev–Trinajstić information content (AvgIpc) is 2.65. The molecule has 1 aromatic carbocycles. The Balaban J connectivity index is 2.54. The third kappa shape index (κ3) is 1.71. The van der Waals surface area contributed by atoms with Crippen LogP contribution in [0.5, 0.6) is 0 Å². The van der Waals surface area contributed by atoms with Gasteiger partial charge in [0.1, 0.15) is 0 Å². The summed E-state index contributed by atoms with van der Waals surface area (Å²) in [6, 6.07) is 7.41. The molecule has 1 N–H and O–H groups in total. The number of hydrogen-bond acceptors (Lipinski definition) is 3. The van der Waals surface area contributed by atoms with Crippen molar-refractivity contribution in [1.29, 1.82) is 0 Å². The topological polar surface area (TPSA) is 68.0 Å². The molecule has 1 heterocycles. The predicted molar refractivity (Wildman–Crippen MR) is 53.1 cm³/mol. The van der Waals surface area contributed by atoms with Gasteiger partial charge in [0.2, 0.25) is 0 Å². The van der Waals surface area contributed by atoms with Crippen LogP contribution in [0.4, 0.5) is 0 Å². The summed E-state index contributed by atoms with van der Waals surface area (Å²) < 4.78 is 1.30. The number of carbonyl (C=O) groups is 1. The summed E-state index contributed by atoms with van der Waals surface area (Å²) >= 11 is 0. The third-order valence-electron chi connectivity index (χ3n) is 2.01. The molecule has 0 bridgehead atoms. The number of carboxylic acids is 1. The molecule has 15 heavy (non-hydrogen) atoms. The molecule has 0 amide bonds. The van der Waals surface area contributed by atoms with Gasteiger partial charge in [-0.2, -0.15) is 0 Å². The van der Waals surface area contributed by atoms with E-state index in [1.54, 1.807) is 6.07 Å². The zero-order valence-corrected chi connectivity index (χ0v) is 8.08. The van der Waals surface area contributed by atoms with E-state index < -0.39 is 5.97 Å². The summed E-state index contributed by atoms with van der Waals surface area (Å²) in [4.78, 5) is 10.8. The number of hydrogen-bond donors (Lipinski definition) is 1. The van der Waals surface area contributed by atoms with Crippen molar-refractivity contribution in [2.75, 3.05) is 0 Å². The van der Waals surface area contributed by atoms with Gasteiger partial charge in [0.05, 0.1) is 11.9 Å². The van der Waals surface area contributed by atoms with Crippen LogP contribution in [0.25, 0.3) is 5.69 Å². The number of rotatable bonds is 2. The van der Waals surface area contributed by atoms with E-state index in [-0.39, 0.29) is 5.69 Å². The molecule has 0 unspecified atom stereocenters. The van der Waals surface area contributed by atoms with Crippen molar-refractivity contribution in [1.82, 2.24) is 15.0 Å². The summed E-state index contributed by atoms with van der Waals surface area (Å²) in [7, 11) is 0. The third-order valence-corrected chi connectivity index (χ3v) is 2.01. The fourth-order valence-corrected chi connectivity index (χ4v) is 1.33. The average molecular weight is 203 g/mol. The van der Waals surface area contributed by atoms with Crippen LogP contribution in [0.15, 0.2) is 30.5 Å². The number of aromatic carboxylic acids is 1. The van der Waals surface area contributed by atoms with E-state index in [0.29, 0.717) is 5.69 Å². The standard InChI is InChI=1S/C10H9N3O2/c1-7-3-2-4-8(5-7)13-9(10(14)15)6-11-12-13/h2-6H,1H3,(H,14,15). The monoisotopic (exact) mass is 203 g/mol. The Morgan fingerprint density at radius 1 is 1.47 bits per heavy atom. The van der Waals surface area contributed by atoms with Gasteiger partial charge in [-0.15, -0.1) is 5.10 Å². The minimum Gasteiger partial charge on any atom is -0.476 e. The first kappa shape index (κ1) is 9.39. The Morgan fingerprint density at radius 2 is 2.27 bits per heavy atom. The first-order valence-electron chi connectivity index (χ1n) is 4.39. The summed E-state index contributed by atoms with van der Waals surface area (Å²) in [5.41, 5.74) is 1.80. The second kappa shape index (κ2) is 3.53. The first-order valence-corrected chi connectivity index (χ1v) is 4.39. The van der Waals surface area contributed by atoms with Gasteiger partial charge < -0.3 is 5.11 Å². The lowest BCUT2D eigenvalue weighted by Gasteiger charge is -2.03. The molecule has 0 fully saturated rings. The Bertz CT molecular complexity index is 505. The van der Waals surface area contributed by atoms with Crippen LogP contribution >= 0.6 is 0 Å². The first-order chi connectivity index (χ1) is 7.18. The van der Waals surface area contributed by atoms with Gasteiger partial charge in [0.25, 0.3) is 0 Å². The van der Waals surface area contributed by atoms with Crippen LogP contribution < -0.4 is 0 Å². The zero-order valence-electron chi connectivity index (χ0n) is 8.08. The lowest BCUT2D eigenvalue weighted by Crippen LogP contribution is -2.07. The molecule has 0 aliphatic rings. The van der Waals surface area contributed by atoms with Crippen molar-refractivity contribution in [3.05, 3.63) is 41.7 Å². The fraction of sp³-hybridized carbons (Fsp3) is 0.100. The van der Waals surface area contributed by atoms with Crippen LogP contribution in [0, 0.1) is 6.92 Å². The van der Waals surface area contributed by atoms with E-state index in [1.807, 2.05) is 25.1 Å². The van der Waals surface area contributed by atoms with E-state index in [4.69, 9.17) is 5.11 Å². The maximum Gasteiger partial charge on any atom is 0.356 e. The number of aromatic nitrogens is 3. The van der Waals surface area contributed by atoms with Gasteiger partial charge in [-0.1, -0.05) is 17.3 Å². The highest BCUT2D eigenvalue weighted by atomic mass is 16.4. The normalized spacial score (nSPS) is 10.2. The highest BCUT2D eigenvalue weighted by Crippen LogP contribution is 2.10. The van der Waals surface area contributed by atoms with Crippen LogP contribution in [0.3, 0.4) is 0 Å². The number of nitrogens with zero attached hydrogens (tertiary/aromatic N) is 3. The molecule has 0 atom stereocenters. The van der Waals surface area contributed by atoms with Gasteiger partial charge in [0.15, 0.2) is 5.69 Å². The summed E-state index contributed by atoms with van der Waals surface area (Å²) in [5.74, 6) is -1.04. The molecule has 5 nitrogen and oxygen atoms in total. The molecule has 2 rings (SSSR count). The van der Waals surface area contributed by atoms with Gasteiger partial charge in [-0.05, 0) is 24.6 Å². The van der Waals surface area contributed by atoms with Crippen LogP contribution in [0.2, 0.25) is 0 Å². The number of aryl methyl sites for hydroxylation is 1. The molecule has 0 spiro atoms. The molecular weight excluding hydrogens is 194 g/mol. The predicted octanol–water partition coefficient (Wildman–Crippen LogP) is 1.27. The highest BCUT2D eigenvalue weighted by molar-refractivity contribution is 5.85. The maximum atomic E-state index is 10.8. The summed E-state index contributed by atoms with van der Waals surface area (Å²) in [5, 5.41) is 16.2. The minimum absolute atomic E-state index is 0.0561. The van der Waals surface area contributed by atoms with E-state index in [2.05, 4.69) is 10.3 Å². The molecular formula is C10H9N3O2. The van der Waals surface area contributed by atoms with Gasteiger partial charge >= 0.3 is 5.97 Å². The largest absolute Gasteiger partial charge is 0.476 e. The molecule has 76 valence electrons. The van der Waals surface area contributed by atoms with Gasteiger partial charge in [0, 0.05) is 0 Å². The number of benzene rings is 1. The van der Waals surface area contributed by atoms with E-state index >= 15 is 0 Å². The Kier molecular flexibility index (Phi) is 2.21. The van der Waals surface area contributed by atoms with Crippen molar-refractivity contribution in [2.24, 2.45) is 0 Å². The van der Waals surface area contributed by atoms with Crippen molar-refractivity contribution < 1.29 is 9.90 Å². The van der Waals surface area contributed by atoms with Crippen molar-refractivity contribution in [3.8, 4) is 5.69 Å². The van der Waals surface area contributed by atoms with Gasteiger partial charge in [-0.25, -0.2) is 9.48 Å². The SMILES string of the molecule is Cc1cccc(-n2nncc2C(=O)O)c1. The lowest BCUT2D eigenvalue weighted by atomic mass is 10.2. The molecule has 0 saturated carbocycles. The Hall–Kier alpha value is -2.17. The van der Waals surface area contributed by atoms with Crippen molar-refractivity contribution >= 4 is 5.97 Å². The smallest absolute Gasteiger partial charge is 0.356 e. The lowest BCUT2D eigenvalue weighted by molar-refractivity contribution is 0.0687. The Labute approximate surface area is 86.0 Å². The molecule has 0 radical (unpaired) electrons. The van der Waals surface area contributed by atoms with Crippen molar-refractivity contribution in [2.45, 2.75) is 6.92 Å². The van der Waals surface area contributed by atoms with Crippen LogP contribution in [-0.2, 0) is 0 Å². The molecule has 2 aromatic rings. The van der Waals surface area contributed by atoms with Crippen molar-refractivity contribution in [3.63, 3.8) is 0 Å². The minimum atomic E-state index is -1.04. The summed E-state index contributed by atoms with van der Waals surface area (Å²) in [6.45, 7) is 1.93. The number of carboxylic acid groups (broad SMARTS) is 1. The van der Waals surface area contributed by atoms with E-state index in [0.717, 1.165) is 5.56 Å². The summed E-state index contributed by atoms with van der Waals surface area (Å²) in [6.07, 6.45) is 1.23. The van der Waals surface area contributed by atoms with Gasteiger partial charge in [-0.3, -0.25) is 0 Å². The van der Waals surface area contributed by atoms with Crippen LogP contribution in [-0.4, -0.2) is 26.1 Å². The highest BCUT2D eigenvalue weighted by Gasteiger charge is 2.12. The fourth-order valence-electron chi connectivity index (χ4n) is 1.33. The maximum absolute atomic E-state index is 10.8. The molecule has 0 saturated heterocycles. The Morgan fingerprint density at radius 3 is 2.93 bits per heavy atom. The molecule has 5 heteroatoms. The quantitative estimate of drug-likeness (QED) is 0.798. The zero-order chi connectivity index (χ0) is 10.8. The second-order valence-corrected chi connectivity index (χ2v) is 3.18. The van der Waals surface area contributed by atoms with E-state index in [9.17, 15) is 4.79 Å². The van der Waals surface area contributed by atoms with Crippen LogP contribution in [0.1, 0.15) is 16.1 Å². The second-order valence-electron chi connectivity index (χ2n) is 3.18.